The molecular formula is C12H18N6O2S. The van der Waals surface area contributed by atoms with Crippen molar-refractivity contribution >= 4 is 28.5 Å². The normalized spacial score (nSPS) is 17.3. The number of amides is 2. The number of aryl methyl sites for hydroxylation is 1. The Morgan fingerprint density at radius 2 is 1.62 bits per heavy atom. The molecule has 21 heavy (non-hydrogen) atoms. The summed E-state index contributed by atoms with van der Waals surface area (Å²) in [6.45, 7) is 9.16. The quantitative estimate of drug-likeness (QED) is 0.625. The fraction of sp³-hybridized carbons (Fsp3) is 0.667. The van der Waals surface area contributed by atoms with E-state index in [9.17, 15) is 9.59 Å². The average Bonchev–Trinajstić information content (AvgIpc) is 2.89. The van der Waals surface area contributed by atoms with Crippen molar-refractivity contribution in [3.8, 4) is 0 Å². The van der Waals surface area contributed by atoms with E-state index in [2.05, 4.69) is 19.6 Å². The molecule has 8 nitrogen and oxygen atoms in total. The van der Waals surface area contributed by atoms with Gasteiger partial charge in [0.2, 0.25) is 11.2 Å². The smallest absolute Gasteiger partial charge is 0.270 e. The Balaban J connectivity index is 2.26. The number of azo groups is 1. The molecular weight excluding hydrogens is 292 g/mol. The van der Waals surface area contributed by atoms with Gasteiger partial charge in [-0.05, 0) is 34.6 Å². The van der Waals surface area contributed by atoms with Gasteiger partial charge in [-0.1, -0.05) is 0 Å². The lowest BCUT2D eigenvalue weighted by Gasteiger charge is -2.33. The number of hydrogen-bond donors (Lipinski definition) is 0. The molecule has 0 aromatic carbocycles. The molecule has 0 bridgehead atoms. The Morgan fingerprint density at radius 3 is 2.00 bits per heavy atom. The van der Waals surface area contributed by atoms with Gasteiger partial charge >= 0.3 is 0 Å². The van der Waals surface area contributed by atoms with Crippen molar-refractivity contribution in [1.82, 2.24) is 19.4 Å². The summed E-state index contributed by atoms with van der Waals surface area (Å²) in [6.07, 6.45) is 0. The maximum atomic E-state index is 12.4. The minimum Gasteiger partial charge on any atom is -0.270 e. The van der Waals surface area contributed by atoms with E-state index in [1.807, 2.05) is 27.7 Å². The lowest BCUT2D eigenvalue weighted by Crippen LogP contribution is -2.48. The Labute approximate surface area is 127 Å². The van der Waals surface area contributed by atoms with Gasteiger partial charge < -0.3 is 0 Å². The van der Waals surface area contributed by atoms with Crippen LogP contribution in [-0.4, -0.2) is 49.3 Å². The summed E-state index contributed by atoms with van der Waals surface area (Å²) in [7, 11) is 0. The molecule has 1 fully saturated rings. The number of hydrogen-bond acceptors (Lipinski definition) is 7. The zero-order chi connectivity index (χ0) is 15.7. The van der Waals surface area contributed by atoms with Crippen molar-refractivity contribution in [2.45, 2.75) is 52.7 Å². The summed E-state index contributed by atoms with van der Waals surface area (Å²) in [4.78, 5) is 28.8. The van der Waals surface area contributed by atoms with Crippen LogP contribution >= 0.6 is 11.5 Å². The van der Waals surface area contributed by atoms with Gasteiger partial charge in [0, 0.05) is 23.6 Å². The molecule has 9 heteroatoms. The molecule has 0 saturated carbocycles. The van der Waals surface area contributed by atoms with Gasteiger partial charge in [0.05, 0.1) is 0 Å². The van der Waals surface area contributed by atoms with E-state index < -0.39 is 6.04 Å². The number of carbonyl (C=O) groups is 2. The van der Waals surface area contributed by atoms with Gasteiger partial charge in [0.15, 0.2) is 0 Å². The first-order valence-corrected chi connectivity index (χ1v) is 7.47. The molecule has 2 rings (SSSR count). The number of aromatic nitrogens is 2. The molecule has 0 radical (unpaired) electrons. The van der Waals surface area contributed by atoms with Crippen LogP contribution in [0.15, 0.2) is 10.2 Å². The monoisotopic (exact) mass is 310 g/mol. The first-order chi connectivity index (χ1) is 9.82. The van der Waals surface area contributed by atoms with Crippen LogP contribution in [0, 0.1) is 6.92 Å². The standard InChI is InChI=1S/C12H18N6O2S/c1-6(2)17-10(19)9(11(20)18(17)7(3)4)14-15-12-13-8(5)16-21-12/h6-7,9H,1-5H3. The molecule has 0 atom stereocenters. The summed E-state index contributed by atoms with van der Waals surface area (Å²) >= 11 is 1.08. The molecule has 1 saturated heterocycles. The third kappa shape index (κ3) is 2.92. The van der Waals surface area contributed by atoms with E-state index in [1.54, 1.807) is 6.92 Å². The highest BCUT2D eigenvalue weighted by Gasteiger charge is 2.48. The molecule has 2 heterocycles. The number of rotatable bonds is 4. The van der Waals surface area contributed by atoms with Gasteiger partial charge in [0.1, 0.15) is 5.82 Å². The first kappa shape index (κ1) is 15.5. The molecule has 1 aliphatic heterocycles. The summed E-state index contributed by atoms with van der Waals surface area (Å²) in [5.41, 5.74) is 0. The number of carbonyl (C=O) groups excluding carboxylic acids is 2. The Morgan fingerprint density at radius 1 is 1.10 bits per heavy atom. The van der Waals surface area contributed by atoms with Crippen molar-refractivity contribution in [2.75, 3.05) is 0 Å². The van der Waals surface area contributed by atoms with Crippen LogP contribution in [-0.2, 0) is 9.59 Å². The van der Waals surface area contributed by atoms with Crippen LogP contribution in [0.3, 0.4) is 0 Å². The third-order valence-corrected chi connectivity index (χ3v) is 3.60. The molecule has 1 aliphatic rings. The van der Waals surface area contributed by atoms with E-state index in [-0.39, 0.29) is 23.9 Å². The Kier molecular flexibility index (Phi) is 4.31. The zero-order valence-corrected chi connectivity index (χ0v) is 13.5. The van der Waals surface area contributed by atoms with Crippen molar-refractivity contribution in [1.29, 1.82) is 0 Å². The van der Waals surface area contributed by atoms with Crippen LogP contribution in [0.1, 0.15) is 33.5 Å². The van der Waals surface area contributed by atoms with Crippen LogP contribution in [0.2, 0.25) is 0 Å². The van der Waals surface area contributed by atoms with Crippen molar-refractivity contribution < 1.29 is 9.59 Å². The zero-order valence-electron chi connectivity index (χ0n) is 12.6. The highest BCUT2D eigenvalue weighted by Crippen LogP contribution is 2.24. The van der Waals surface area contributed by atoms with Gasteiger partial charge in [-0.25, -0.2) is 15.0 Å². The molecule has 1 aromatic rings. The first-order valence-electron chi connectivity index (χ1n) is 6.70. The van der Waals surface area contributed by atoms with E-state index in [1.165, 1.54) is 10.0 Å². The van der Waals surface area contributed by atoms with E-state index >= 15 is 0 Å². The lowest BCUT2D eigenvalue weighted by atomic mass is 10.3. The molecule has 1 aromatic heterocycles. The van der Waals surface area contributed by atoms with Crippen LogP contribution in [0.5, 0.6) is 0 Å². The second-order valence-electron chi connectivity index (χ2n) is 5.30. The number of hydrazine groups is 1. The van der Waals surface area contributed by atoms with Crippen LogP contribution < -0.4 is 0 Å². The van der Waals surface area contributed by atoms with Crippen molar-refractivity contribution in [3.63, 3.8) is 0 Å². The molecule has 0 N–H and O–H groups in total. The Bertz CT molecular complexity index is 556. The predicted octanol–water partition coefficient (Wildman–Crippen LogP) is 1.70. The summed E-state index contributed by atoms with van der Waals surface area (Å²) in [5, 5.41) is 11.0. The predicted molar refractivity (Wildman–Crippen MR) is 76.9 cm³/mol. The van der Waals surface area contributed by atoms with Crippen LogP contribution in [0.4, 0.5) is 5.13 Å². The number of nitrogens with zero attached hydrogens (tertiary/aromatic N) is 6. The minimum atomic E-state index is -1.13. The van der Waals surface area contributed by atoms with E-state index in [0.29, 0.717) is 11.0 Å². The van der Waals surface area contributed by atoms with E-state index in [4.69, 9.17) is 0 Å². The Hall–Kier alpha value is -1.90. The van der Waals surface area contributed by atoms with Crippen molar-refractivity contribution in [3.05, 3.63) is 5.82 Å². The molecule has 0 aliphatic carbocycles. The summed E-state index contributed by atoms with van der Waals surface area (Å²) in [6, 6.07) is -1.36. The fourth-order valence-corrected chi connectivity index (χ4v) is 2.62. The topological polar surface area (TPSA) is 91.1 Å². The van der Waals surface area contributed by atoms with E-state index in [0.717, 1.165) is 11.5 Å². The second kappa shape index (κ2) is 5.84. The summed E-state index contributed by atoms with van der Waals surface area (Å²) < 4.78 is 3.97. The summed E-state index contributed by atoms with van der Waals surface area (Å²) in [5.74, 6) is -0.118. The van der Waals surface area contributed by atoms with Gasteiger partial charge in [-0.3, -0.25) is 9.59 Å². The molecule has 0 spiro atoms. The van der Waals surface area contributed by atoms with Crippen molar-refractivity contribution in [2.24, 2.45) is 10.2 Å². The van der Waals surface area contributed by atoms with Crippen LogP contribution in [0.25, 0.3) is 0 Å². The highest BCUT2D eigenvalue weighted by molar-refractivity contribution is 7.09. The SMILES string of the molecule is Cc1nsc(N=NC2C(=O)N(C(C)C)N(C(C)C)C2=O)n1. The largest absolute Gasteiger partial charge is 0.277 e. The maximum absolute atomic E-state index is 12.4. The van der Waals surface area contributed by atoms with Gasteiger partial charge in [-0.2, -0.15) is 9.49 Å². The average molecular weight is 310 g/mol. The molecule has 2 amide bonds. The van der Waals surface area contributed by atoms with Gasteiger partial charge in [-0.15, -0.1) is 5.11 Å². The highest BCUT2D eigenvalue weighted by atomic mass is 32.1. The lowest BCUT2D eigenvalue weighted by molar-refractivity contribution is -0.154. The maximum Gasteiger partial charge on any atom is 0.277 e. The molecule has 114 valence electrons. The third-order valence-electron chi connectivity index (χ3n) is 2.91. The fourth-order valence-electron chi connectivity index (χ4n) is 2.11. The van der Waals surface area contributed by atoms with Gasteiger partial charge in [0.25, 0.3) is 11.8 Å². The second-order valence-corrected chi connectivity index (χ2v) is 6.03. The molecule has 0 unspecified atom stereocenters. The minimum absolute atomic E-state index is 0.118.